The van der Waals surface area contributed by atoms with E-state index in [1.165, 1.54) is 6.07 Å². The van der Waals surface area contributed by atoms with E-state index in [0.717, 1.165) is 12.1 Å². The van der Waals surface area contributed by atoms with E-state index in [-0.39, 0.29) is 11.3 Å². The number of phenols is 1. The maximum absolute atomic E-state index is 12.8. The highest BCUT2D eigenvalue weighted by molar-refractivity contribution is 5.35. The van der Waals surface area contributed by atoms with Gasteiger partial charge in [0.15, 0.2) is 0 Å². The first-order valence-corrected chi connectivity index (χ1v) is 4.48. The highest BCUT2D eigenvalue weighted by Gasteiger charge is 2.18. The minimum absolute atomic E-state index is 0.136. The second-order valence-electron chi connectivity index (χ2n) is 3.22. The quantitative estimate of drug-likeness (QED) is 0.687. The third kappa shape index (κ3) is 2.21. The van der Waals surface area contributed by atoms with E-state index in [0.29, 0.717) is 6.42 Å². The molecule has 0 heterocycles. The average Bonchev–Trinajstić information content (AvgIpc) is 2.19. The van der Waals surface area contributed by atoms with Gasteiger partial charge >= 0.3 is 0 Å². The summed E-state index contributed by atoms with van der Waals surface area (Å²) in [5.74, 6) is -0.636. The van der Waals surface area contributed by atoms with Gasteiger partial charge < -0.3 is 15.9 Å². The Morgan fingerprint density at radius 2 is 2.14 bits per heavy atom. The van der Waals surface area contributed by atoms with Crippen LogP contribution in [0.25, 0.3) is 0 Å². The van der Waals surface area contributed by atoms with Gasteiger partial charge in [-0.1, -0.05) is 6.92 Å². The summed E-state index contributed by atoms with van der Waals surface area (Å²) in [4.78, 5) is 0. The zero-order valence-electron chi connectivity index (χ0n) is 7.94. The Balaban J connectivity index is 2.99. The van der Waals surface area contributed by atoms with Gasteiger partial charge in [0, 0.05) is 11.6 Å². The summed E-state index contributed by atoms with van der Waals surface area (Å²) in [6, 6.07) is 2.93. The second-order valence-corrected chi connectivity index (χ2v) is 3.22. The molecule has 0 saturated carbocycles. The van der Waals surface area contributed by atoms with Crippen LogP contribution in [0.1, 0.15) is 25.0 Å². The summed E-state index contributed by atoms with van der Waals surface area (Å²) in [6.45, 7) is 1.81. The van der Waals surface area contributed by atoms with Gasteiger partial charge in [-0.2, -0.15) is 0 Å². The van der Waals surface area contributed by atoms with E-state index in [1.54, 1.807) is 0 Å². The molecule has 0 aliphatic carbocycles. The van der Waals surface area contributed by atoms with Crippen molar-refractivity contribution in [3.63, 3.8) is 0 Å². The van der Waals surface area contributed by atoms with Crippen molar-refractivity contribution >= 4 is 0 Å². The summed E-state index contributed by atoms with van der Waals surface area (Å²) >= 11 is 0. The molecular formula is C10H14FNO2. The topological polar surface area (TPSA) is 66.5 Å². The molecule has 1 aromatic carbocycles. The van der Waals surface area contributed by atoms with Crippen molar-refractivity contribution in [2.24, 2.45) is 5.73 Å². The maximum atomic E-state index is 12.8. The lowest BCUT2D eigenvalue weighted by atomic mass is 10.0. The predicted molar refractivity (Wildman–Crippen MR) is 51.3 cm³/mol. The second kappa shape index (κ2) is 4.39. The van der Waals surface area contributed by atoms with E-state index >= 15 is 0 Å². The minimum Gasteiger partial charge on any atom is -0.508 e. The molecule has 0 amide bonds. The third-order valence-corrected chi connectivity index (χ3v) is 2.19. The maximum Gasteiger partial charge on any atom is 0.123 e. The molecule has 3 nitrogen and oxygen atoms in total. The molecule has 0 spiro atoms. The van der Waals surface area contributed by atoms with Crippen LogP contribution in [0.3, 0.4) is 0 Å². The fraction of sp³-hybridized carbons (Fsp3) is 0.400. The number of nitrogens with two attached hydrogens (primary N) is 1. The van der Waals surface area contributed by atoms with Gasteiger partial charge in [0.25, 0.3) is 0 Å². The molecule has 1 rings (SSSR count). The number of hydrogen-bond donors (Lipinski definition) is 3. The van der Waals surface area contributed by atoms with Crippen LogP contribution in [0.2, 0.25) is 0 Å². The molecule has 0 aromatic heterocycles. The molecule has 78 valence electrons. The van der Waals surface area contributed by atoms with Gasteiger partial charge in [-0.25, -0.2) is 4.39 Å². The standard InChI is InChI=1S/C10H14FNO2/c1-2-8(12)10(14)7-5-6(11)3-4-9(7)13/h3-5,8,10,13-14H,2,12H2,1H3/t8-,10-/m1/s1. The van der Waals surface area contributed by atoms with E-state index in [1.807, 2.05) is 6.92 Å². The Bertz CT molecular complexity index is 317. The number of benzene rings is 1. The van der Waals surface area contributed by atoms with E-state index in [4.69, 9.17) is 5.73 Å². The molecule has 2 atom stereocenters. The summed E-state index contributed by atoms with van der Waals surface area (Å²) in [6.07, 6.45) is -0.479. The van der Waals surface area contributed by atoms with Gasteiger partial charge in [-0.3, -0.25) is 0 Å². The van der Waals surface area contributed by atoms with Gasteiger partial charge in [-0.15, -0.1) is 0 Å². The minimum atomic E-state index is -1.03. The van der Waals surface area contributed by atoms with Crippen molar-refractivity contribution in [1.82, 2.24) is 0 Å². The van der Waals surface area contributed by atoms with Crippen LogP contribution in [-0.2, 0) is 0 Å². The van der Waals surface area contributed by atoms with Crippen molar-refractivity contribution in [2.45, 2.75) is 25.5 Å². The third-order valence-electron chi connectivity index (χ3n) is 2.19. The molecule has 4 N–H and O–H groups in total. The fourth-order valence-corrected chi connectivity index (χ4v) is 1.22. The average molecular weight is 199 g/mol. The largest absolute Gasteiger partial charge is 0.508 e. The van der Waals surface area contributed by atoms with Crippen molar-refractivity contribution in [3.8, 4) is 5.75 Å². The Labute approximate surface area is 82.0 Å². The first-order valence-electron chi connectivity index (χ1n) is 4.48. The highest BCUT2D eigenvalue weighted by Crippen LogP contribution is 2.27. The molecule has 1 aromatic rings. The molecule has 0 saturated heterocycles. The first-order chi connectivity index (χ1) is 6.56. The molecule has 14 heavy (non-hydrogen) atoms. The normalized spacial score (nSPS) is 15.1. The smallest absolute Gasteiger partial charge is 0.123 e. The zero-order chi connectivity index (χ0) is 10.7. The Morgan fingerprint density at radius 3 is 2.71 bits per heavy atom. The van der Waals surface area contributed by atoms with Crippen molar-refractivity contribution in [2.75, 3.05) is 0 Å². The summed E-state index contributed by atoms with van der Waals surface area (Å²) in [5, 5.41) is 19.0. The number of hydrogen-bond acceptors (Lipinski definition) is 3. The van der Waals surface area contributed by atoms with Crippen molar-refractivity contribution in [1.29, 1.82) is 0 Å². The molecule has 0 bridgehead atoms. The zero-order valence-corrected chi connectivity index (χ0v) is 7.94. The van der Waals surface area contributed by atoms with Crippen LogP contribution in [-0.4, -0.2) is 16.3 Å². The molecule has 4 heteroatoms. The van der Waals surface area contributed by atoms with Crippen LogP contribution in [0.4, 0.5) is 4.39 Å². The molecule has 0 fully saturated rings. The van der Waals surface area contributed by atoms with Gasteiger partial charge in [0.1, 0.15) is 11.6 Å². The fourth-order valence-electron chi connectivity index (χ4n) is 1.22. The summed E-state index contributed by atoms with van der Waals surface area (Å²) in [5.41, 5.74) is 5.72. The van der Waals surface area contributed by atoms with Crippen LogP contribution in [0.15, 0.2) is 18.2 Å². The number of aliphatic hydroxyl groups excluding tert-OH is 1. The molecule has 0 aliphatic rings. The van der Waals surface area contributed by atoms with Gasteiger partial charge in [0.05, 0.1) is 6.10 Å². The van der Waals surface area contributed by atoms with Crippen molar-refractivity contribution in [3.05, 3.63) is 29.6 Å². The molecule has 0 radical (unpaired) electrons. The SMILES string of the molecule is CC[C@@H](N)[C@H](O)c1cc(F)ccc1O. The predicted octanol–water partition coefficient (Wildman–Crippen LogP) is 1.30. The first kappa shape index (κ1) is 10.9. The van der Waals surface area contributed by atoms with Crippen LogP contribution < -0.4 is 5.73 Å². The van der Waals surface area contributed by atoms with Gasteiger partial charge in [0.2, 0.25) is 0 Å². The van der Waals surface area contributed by atoms with Crippen molar-refractivity contribution < 1.29 is 14.6 Å². The van der Waals surface area contributed by atoms with Crippen LogP contribution in [0, 0.1) is 5.82 Å². The van der Waals surface area contributed by atoms with E-state index in [9.17, 15) is 14.6 Å². The Morgan fingerprint density at radius 1 is 1.50 bits per heavy atom. The lowest BCUT2D eigenvalue weighted by molar-refractivity contribution is 0.141. The Hall–Kier alpha value is -1.13. The summed E-state index contributed by atoms with van der Waals surface area (Å²) in [7, 11) is 0. The van der Waals surface area contributed by atoms with Gasteiger partial charge in [-0.05, 0) is 24.6 Å². The number of aromatic hydroxyl groups is 1. The highest BCUT2D eigenvalue weighted by atomic mass is 19.1. The summed E-state index contributed by atoms with van der Waals surface area (Å²) < 4.78 is 12.8. The Kier molecular flexibility index (Phi) is 3.43. The number of aliphatic hydroxyl groups is 1. The van der Waals surface area contributed by atoms with E-state index < -0.39 is 18.0 Å². The number of phenolic OH excluding ortho intramolecular Hbond substituents is 1. The number of halogens is 1. The van der Waals surface area contributed by atoms with Crippen LogP contribution in [0.5, 0.6) is 5.75 Å². The molecule has 0 aliphatic heterocycles. The molecule has 0 unspecified atom stereocenters. The number of rotatable bonds is 3. The molecular weight excluding hydrogens is 185 g/mol. The lowest BCUT2D eigenvalue weighted by Crippen LogP contribution is -2.27. The lowest BCUT2D eigenvalue weighted by Gasteiger charge is -2.18. The monoisotopic (exact) mass is 199 g/mol. The van der Waals surface area contributed by atoms with Crippen LogP contribution >= 0.6 is 0 Å². The van der Waals surface area contributed by atoms with E-state index in [2.05, 4.69) is 0 Å².